The van der Waals surface area contributed by atoms with Gasteiger partial charge in [0.05, 0.1) is 17.8 Å². The molecule has 0 bridgehead atoms. The molecule has 102 valence electrons. The third-order valence-electron chi connectivity index (χ3n) is 2.31. The van der Waals surface area contributed by atoms with Crippen molar-refractivity contribution in [3.63, 3.8) is 0 Å². The Bertz CT molecular complexity index is 613. The van der Waals surface area contributed by atoms with E-state index in [1.165, 1.54) is 19.2 Å². The molecule has 19 heavy (non-hydrogen) atoms. The summed E-state index contributed by atoms with van der Waals surface area (Å²) in [6.07, 6.45) is 0. The van der Waals surface area contributed by atoms with Gasteiger partial charge in [0.2, 0.25) is 0 Å². The fourth-order valence-electron chi connectivity index (χ4n) is 1.38. The highest BCUT2D eigenvalue weighted by atomic mass is 32.2. The molecule has 0 unspecified atom stereocenters. The molecule has 0 aromatic heterocycles. The predicted molar refractivity (Wildman–Crippen MR) is 75.2 cm³/mol. The molecule has 1 fully saturated rings. The third kappa shape index (κ3) is 3.06. The minimum Gasteiger partial charge on any atom is -0.497 e. The Kier molecular flexibility index (Phi) is 4.09. The summed E-state index contributed by atoms with van der Waals surface area (Å²) in [6, 6.07) is 5.94. The predicted octanol–water partition coefficient (Wildman–Crippen LogP) is 0.749. The SMILES string of the molecule is COc1cccc(S(=O)(=O)NN2C(=O)CSC2=S)c1. The quantitative estimate of drug-likeness (QED) is 0.826. The van der Waals surface area contributed by atoms with Crippen LogP contribution in [-0.2, 0) is 14.8 Å². The molecule has 1 N–H and O–H groups in total. The van der Waals surface area contributed by atoms with E-state index in [0.29, 0.717) is 5.75 Å². The molecule has 1 aromatic rings. The van der Waals surface area contributed by atoms with Gasteiger partial charge in [-0.2, -0.15) is 0 Å². The van der Waals surface area contributed by atoms with Gasteiger partial charge >= 0.3 is 0 Å². The van der Waals surface area contributed by atoms with Crippen molar-refractivity contribution in [2.24, 2.45) is 0 Å². The minimum absolute atomic E-state index is 0.000602. The average molecular weight is 318 g/mol. The van der Waals surface area contributed by atoms with Crippen LogP contribution in [0.5, 0.6) is 5.75 Å². The smallest absolute Gasteiger partial charge is 0.258 e. The van der Waals surface area contributed by atoms with E-state index >= 15 is 0 Å². The monoisotopic (exact) mass is 318 g/mol. The summed E-state index contributed by atoms with van der Waals surface area (Å²) in [7, 11) is -2.43. The van der Waals surface area contributed by atoms with Gasteiger partial charge in [-0.25, -0.2) is 13.4 Å². The second kappa shape index (κ2) is 5.45. The lowest BCUT2D eigenvalue weighted by Crippen LogP contribution is -2.44. The molecular formula is C10H10N2O4S3. The van der Waals surface area contributed by atoms with E-state index in [-0.39, 0.29) is 20.9 Å². The number of ether oxygens (including phenoxy) is 1. The number of thiocarbonyl (C=S) groups is 1. The number of nitrogens with zero attached hydrogens (tertiary/aromatic N) is 1. The van der Waals surface area contributed by atoms with Gasteiger partial charge in [0.1, 0.15) is 5.75 Å². The van der Waals surface area contributed by atoms with Crippen LogP contribution in [0.15, 0.2) is 29.2 Å². The first kappa shape index (κ1) is 14.3. The first-order valence-electron chi connectivity index (χ1n) is 5.10. The van der Waals surface area contributed by atoms with E-state index in [4.69, 9.17) is 17.0 Å². The second-order valence-electron chi connectivity index (χ2n) is 3.56. The first-order valence-corrected chi connectivity index (χ1v) is 7.98. The van der Waals surface area contributed by atoms with Gasteiger partial charge in [-0.05, 0) is 12.1 Å². The zero-order valence-electron chi connectivity index (χ0n) is 9.82. The highest BCUT2D eigenvalue weighted by Gasteiger charge is 2.31. The Balaban J connectivity index is 2.27. The number of nitrogens with one attached hydrogen (secondary N) is 1. The minimum atomic E-state index is -3.87. The van der Waals surface area contributed by atoms with Crippen molar-refractivity contribution in [2.75, 3.05) is 12.9 Å². The van der Waals surface area contributed by atoms with E-state index in [0.717, 1.165) is 16.8 Å². The normalized spacial score (nSPS) is 15.9. The first-order chi connectivity index (χ1) is 8.94. The number of hydrazine groups is 1. The lowest BCUT2D eigenvalue weighted by Gasteiger charge is -2.16. The number of hydrogen-bond acceptors (Lipinski definition) is 6. The van der Waals surface area contributed by atoms with Crippen LogP contribution in [0.25, 0.3) is 0 Å². The fourth-order valence-corrected chi connectivity index (χ4v) is 3.54. The van der Waals surface area contributed by atoms with E-state index in [1.54, 1.807) is 12.1 Å². The van der Waals surface area contributed by atoms with Gasteiger partial charge in [0, 0.05) is 6.07 Å². The van der Waals surface area contributed by atoms with E-state index < -0.39 is 10.0 Å². The zero-order valence-corrected chi connectivity index (χ0v) is 12.3. The number of methoxy groups -OCH3 is 1. The van der Waals surface area contributed by atoms with Crippen LogP contribution >= 0.6 is 24.0 Å². The molecule has 1 aliphatic rings. The maximum atomic E-state index is 12.1. The van der Waals surface area contributed by atoms with Crippen LogP contribution in [0.3, 0.4) is 0 Å². The van der Waals surface area contributed by atoms with Crippen molar-refractivity contribution in [1.82, 2.24) is 9.84 Å². The van der Waals surface area contributed by atoms with Crippen molar-refractivity contribution in [3.8, 4) is 5.75 Å². The van der Waals surface area contributed by atoms with E-state index in [2.05, 4.69) is 4.83 Å². The largest absolute Gasteiger partial charge is 0.497 e. The maximum absolute atomic E-state index is 12.1. The number of sulfonamides is 1. The Morgan fingerprint density at radius 1 is 1.47 bits per heavy atom. The molecule has 0 spiro atoms. The van der Waals surface area contributed by atoms with Crippen molar-refractivity contribution in [2.45, 2.75) is 4.90 Å². The van der Waals surface area contributed by atoms with Gasteiger partial charge in [-0.15, -0.1) is 4.83 Å². The van der Waals surface area contributed by atoms with Gasteiger partial charge in [-0.1, -0.05) is 30.0 Å². The molecule has 0 atom stereocenters. The molecule has 0 radical (unpaired) electrons. The number of carbonyl (C=O) groups is 1. The Morgan fingerprint density at radius 2 is 2.21 bits per heavy atom. The van der Waals surface area contributed by atoms with Gasteiger partial charge in [0.25, 0.3) is 15.9 Å². The molecular weight excluding hydrogens is 308 g/mol. The molecule has 1 amide bonds. The van der Waals surface area contributed by atoms with Crippen molar-refractivity contribution >= 4 is 44.2 Å². The van der Waals surface area contributed by atoms with Crippen LogP contribution in [0, 0.1) is 0 Å². The van der Waals surface area contributed by atoms with Crippen molar-refractivity contribution in [1.29, 1.82) is 0 Å². The maximum Gasteiger partial charge on any atom is 0.258 e. The van der Waals surface area contributed by atoms with Crippen molar-refractivity contribution in [3.05, 3.63) is 24.3 Å². The van der Waals surface area contributed by atoms with Gasteiger partial charge < -0.3 is 4.74 Å². The molecule has 1 heterocycles. The topological polar surface area (TPSA) is 75.7 Å². The van der Waals surface area contributed by atoms with E-state index in [1.807, 2.05) is 0 Å². The van der Waals surface area contributed by atoms with Crippen LogP contribution in [0.1, 0.15) is 0 Å². The highest BCUT2D eigenvalue weighted by Crippen LogP contribution is 2.21. The number of thioether (sulfide) groups is 1. The second-order valence-corrected chi connectivity index (χ2v) is 6.83. The molecule has 1 aromatic carbocycles. The number of amides is 1. The van der Waals surface area contributed by atoms with Crippen LogP contribution in [0.2, 0.25) is 0 Å². The zero-order chi connectivity index (χ0) is 14.0. The summed E-state index contributed by atoms with van der Waals surface area (Å²) in [5.41, 5.74) is 0. The molecule has 1 aliphatic heterocycles. The standard InChI is InChI=1S/C10H10N2O4S3/c1-16-7-3-2-4-8(5-7)19(14,15)11-12-9(13)6-18-10(12)17/h2-5,11H,6H2,1H3. The summed E-state index contributed by atoms with van der Waals surface area (Å²) in [5, 5.41) is 0.870. The number of hydrogen-bond donors (Lipinski definition) is 1. The average Bonchev–Trinajstić information content (AvgIpc) is 2.70. The Morgan fingerprint density at radius 3 is 2.79 bits per heavy atom. The number of carbonyl (C=O) groups excluding carboxylic acids is 1. The van der Waals surface area contributed by atoms with Gasteiger partial charge in [-0.3, -0.25) is 4.79 Å². The van der Waals surface area contributed by atoms with Crippen LogP contribution in [0.4, 0.5) is 0 Å². The lowest BCUT2D eigenvalue weighted by atomic mass is 10.3. The molecule has 1 saturated heterocycles. The fraction of sp³-hybridized carbons (Fsp3) is 0.200. The summed E-state index contributed by atoms with van der Waals surface area (Å²) >= 11 is 6.01. The van der Waals surface area contributed by atoms with Crippen molar-refractivity contribution < 1.29 is 17.9 Å². The third-order valence-corrected chi connectivity index (χ3v) is 4.97. The van der Waals surface area contributed by atoms with Crippen LogP contribution in [-0.4, -0.2) is 36.5 Å². The Labute approximate surface area is 120 Å². The van der Waals surface area contributed by atoms with Gasteiger partial charge in [0.15, 0.2) is 4.32 Å². The molecule has 9 heteroatoms. The molecule has 0 saturated carbocycles. The van der Waals surface area contributed by atoms with E-state index in [9.17, 15) is 13.2 Å². The summed E-state index contributed by atoms with van der Waals surface area (Å²) in [6.45, 7) is 0. The lowest BCUT2D eigenvalue weighted by molar-refractivity contribution is -0.125. The number of rotatable bonds is 4. The molecule has 6 nitrogen and oxygen atoms in total. The summed E-state index contributed by atoms with van der Waals surface area (Å²) < 4.78 is 29.4. The number of benzene rings is 1. The molecule has 2 rings (SSSR count). The summed E-state index contributed by atoms with van der Waals surface area (Å²) in [5.74, 6) is 0.161. The molecule has 0 aliphatic carbocycles. The Hall–Kier alpha value is -1.16. The van der Waals surface area contributed by atoms with Crippen LogP contribution < -0.4 is 9.57 Å². The highest BCUT2D eigenvalue weighted by molar-refractivity contribution is 8.24. The summed E-state index contributed by atoms with van der Waals surface area (Å²) in [4.78, 5) is 13.6.